The second-order valence-electron chi connectivity index (χ2n) is 9.81. The lowest BCUT2D eigenvalue weighted by atomic mass is 9.84. The summed E-state index contributed by atoms with van der Waals surface area (Å²) in [7, 11) is 1.51. The van der Waals surface area contributed by atoms with Crippen LogP contribution in [0.1, 0.15) is 65.7 Å². The third kappa shape index (κ3) is 5.29. The summed E-state index contributed by atoms with van der Waals surface area (Å²) < 4.78 is 10.9. The molecule has 0 aromatic heterocycles. The van der Waals surface area contributed by atoms with E-state index in [1.807, 2.05) is 14.0 Å². The van der Waals surface area contributed by atoms with Gasteiger partial charge in [-0.25, -0.2) is 14.8 Å². The Balaban J connectivity index is 0.000000224. The summed E-state index contributed by atoms with van der Waals surface area (Å²) >= 11 is 0. The van der Waals surface area contributed by atoms with E-state index in [4.69, 9.17) is 14.6 Å². The van der Waals surface area contributed by atoms with Crippen molar-refractivity contribution in [1.29, 1.82) is 0 Å². The van der Waals surface area contributed by atoms with Crippen LogP contribution in [0.25, 0.3) is 0 Å². The molecule has 166 valence electrons. The molecule has 2 saturated heterocycles. The van der Waals surface area contributed by atoms with Gasteiger partial charge in [0, 0.05) is 18.4 Å². The first-order chi connectivity index (χ1) is 13.7. The highest BCUT2D eigenvalue weighted by atomic mass is 32.3. The molecule has 2 saturated carbocycles. The molecular weight excluding hydrogens is 384 g/mol. The van der Waals surface area contributed by atoms with E-state index in [0.717, 1.165) is 16.6 Å². The van der Waals surface area contributed by atoms with Crippen LogP contribution < -0.4 is 0 Å². The van der Waals surface area contributed by atoms with Crippen LogP contribution in [0.5, 0.6) is 0 Å². The van der Waals surface area contributed by atoms with E-state index in [2.05, 4.69) is 26.2 Å². The van der Waals surface area contributed by atoms with Gasteiger partial charge in [-0.05, 0) is 88.0 Å². The number of aliphatic carboxylic acids is 1. The molecule has 4 nitrogen and oxygen atoms in total. The molecule has 0 aromatic carbocycles. The summed E-state index contributed by atoms with van der Waals surface area (Å²) in [5, 5.41) is 10.0. The number of carboxylic acid groups (broad SMARTS) is 1. The van der Waals surface area contributed by atoms with Crippen LogP contribution in [0.2, 0.25) is 0 Å². The molecule has 0 aromatic rings. The van der Waals surface area contributed by atoms with E-state index in [9.17, 15) is 4.79 Å². The Labute approximate surface area is 178 Å². The number of carboxylic acids is 1. The molecule has 4 aliphatic rings. The van der Waals surface area contributed by atoms with E-state index in [1.165, 1.54) is 56.3 Å². The van der Waals surface area contributed by atoms with Crippen LogP contribution in [-0.2, 0) is 14.3 Å². The lowest BCUT2D eigenvalue weighted by Gasteiger charge is -2.62. The first kappa shape index (κ1) is 22.9. The Morgan fingerprint density at radius 2 is 1.97 bits per heavy atom. The monoisotopic (exact) mass is 424 g/mol. The molecule has 6 atom stereocenters. The van der Waals surface area contributed by atoms with E-state index in [-0.39, 0.29) is 12.2 Å². The predicted molar refractivity (Wildman–Crippen MR) is 122 cm³/mol. The topological polar surface area (TPSA) is 59.1 Å². The molecule has 1 spiro atoms. The van der Waals surface area contributed by atoms with Crippen molar-refractivity contribution >= 4 is 16.0 Å². The van der Waals surface area contributed by atoms with Gasteiger partial charge in [0.1, 0.15) is 6.10 Å². The molecule has 1 N–H and O–H groups in total. The number of allylic oxidation sites excluding steroid dienone is 2. The normalized spacial score (nSPS) is 41.5. The zero-order valence-corrected chi connectivity index (χ0v) is 19.7. The fourth-order valence-corrected chi connectivity index (χ4v) is 10.4. The van der Waals surface area contributed by atoms with Crippen molar-refractivity contribution < 1.29 is 19.4 Å². The average Bonchev–Trinajstić information content (AvgIpc) is 3.57. The fraction of sp³-hybridized carbons (Fsp3) is 0.792. The molecule has 4 rings (SSSR count). The van der Waals surface area contributed by atoms with Gasteiger partial charge < -0.3 is 14.6 Å². The Bertz CT molecular complexity index is 649. The fourth-order valence-electron chi connectivity index (χ4n) is 5.47. The van der Waals surface area contributed by atoms with Crippen molar-refractivity contribution in [2.24, 2.45) is 5.41 Å². The van der Waals surface area contributed by atoms with Gasteiger partial charge >= 0.3 is 5.97 Å². The van der Waals surface area contributed by atoms with Gasteiger partial charge in [-0.1, -0.05) is 18.1 Å². The van der Waals surface area contributed by atoms with Crippen molar-refractivity contribution in [3.05, 3.63) is 23.8 Å². The minimum atomic E-state index is -0.919. The summed E-state index contributed by atoms with van der Waals surface area (Å²) in [6.45, 7) is 6.38. The van der Waals surface area contributed by atoms with Crippen LogP contribution in [0.15, 0.2) is 23.8 Å². The first-order valence-electron chi connectivity index (χ1n) is 11.2. The quantitative estimate of drug-likeness (QED) is 0.356. The van der Waals surface area contributed by atoms with Gasteiger partial charge in [0.05, 0.1) is 12.2 Å². The molecule has 5 heteroatoms. The highest BCUT2D eigenvalue weighted by molar-refractivity contribution is 8.35. The average molecular weight is 425 g/mol. The summed E-state index contributed by atoms with van der Waals surface area (Å²) in [5.41, 5.74) is 2.21. The Morgan fingerprint density at radius 3 is 2.41 bits per heavy atom. The SMILES string of the molecule is CO[C@@H]1CCCC2(CC2)[C@H]1S1(C)CC[C@@H]1CC=C(C)C.C[C@H]1O[C@@H]1/C=C/C(=O)O. The van der Waals surface area contributed by atoms with E-state index >= 15 is 0 Å². The van der Waals surface area contributed by atoms with Crippen molar-refractivity contribution in [3.63, 3.8) is 0 Å². The van der Waals surface area contributed by atoms with E-state index in [1.54, 1.807) is 6.08 Å². The third-order valence-corrected chi connectivity index (χ3v) is 12.5. The van der Waals surface area contributed by atoms with Crippen molar-refractivity contribution in [2.45, 2.75) is 94.5 Å². The zero-order valence-electron chi connectivity index (χ0n) is 18.9. The molecule has 2 aliphatic heterocycles. The summed E-state index contributed by atoms with van der Waals surface area (Å²) in [4.78, 5) is 9.90. The van der Waals surface area contributed by atoms with E-state index in [0.29, 0.717) is 11.5 Å². The maximum atomic E-state index is 9.90. The molecule has 2 heterocycles. The summed E-state index contributed by atoms with van der Waals surface area (Å²) in [5.74, 6) is 0.596. The first-order valence-corrected chi connectivity index (χ1v) is 13.5. The van der Waals surface area contributed by atoms with Crippen LogP contribution >= 0.6 is 10.0 Å². The van der Waals surface area contributed by atoms with Crippen molar-refractivity contribution in [3.8, 4) is 0 Å². The van der Waals surface area contributed by atoms with Crippen molar-refractivity contribution in [1.82, 2.24) is 0 Å². The number of rotatable bonds is 6. The summed E-state index contributed by atoms with van der Waals surface area (Å²) in [6, 6.07) is 0. The van der Waals surface area contributed by atoms with Gasteiger partial charge in [-0.3, -0.25) is 0 Å². The van der Waals surface area contributed by atoms with Crippen LogP contribution in [-0.4, -0.2) is 59.0 Å². The standard InChI is InChI=1S/C18H32OS.C6H8O3/c1-14(2)7-8-15-9-13-20(15,4)17-16(19-3)6-5-10-18(17)11-12-18;1-4-5(9-4)2-3-6(7)8/h7,15-17H,5-6,8-13H2,1-4H3;2-5H,1H3,(H,7,8)/b;3-2+/t15-,16+,17-;4-,5-/m01/s1. The van der Waals surface area contributed by atoms with Gasteiger partial charge in [0.25, 0.3) is 0 Å². The largest absolute Gasteiger partial charge is 0.478 e. The molecule has 0 amide bonds. The van der Waals surface area contributed by atoms with Crippen LogP contribution in [0.3, 0.4) is 0 Å². The maximum absolute atomic E-state index is 9.90. The molecule has 4 fully saturated rings. The molecular formula is C24H40O4S. The van der Waals surface area contributed by atoms with Crippen LogP contribution in [0.4, 0.5) is 0 Å². The van der Waals surface area contributed by atoms with Gasteiger partial charge in [0.2, 0.25) is 0 Å². The molecule has 29 heavy (non-hydrogen) atoms. The van der Waals surface area contributed by atoms with Gasteiger partial charge in [0.15, 0.2) is 0 Å². The Morgan fingerprint density at radius 1 is 1.28 bits per heavy atom. The smallest absolute Gasteiger partial charge is 0.328 e. The minimum Gasteiger partial charge on any atom is -0.478 e. The zero-order chi connectivity index (χ0) is 21.2. The molecule has 1 unspecified atom stereocenters. The van der Waals surface area contributed by atoms with Gasteiger partial charge in [-0.2, -0.15) is 0 Å². The predicted octanol–water partition coefficient (Wildman–Crippen LogP) is 5.31. The minimum absolute atomic E-state index is 0.0427. The van der Waals surface area contributed by atoms with Crippen LogP contribution in [0, 0.1) is 5.41 Å². The summed E-state index contributed by atoms with van der Waals surface area (Å²) in [6.07, 6.45) is 18.6. The maximum Gasteiger partial charge on any atom is 0.328 e. The number of methoxy groups -OCH3 is 1. The Kier molecular flexibility index (Phi) is 7.23. The van der Waals surface area contributed by atoms with Crippen molar-refractivity contribution in [2.75, 3.05) is 19.1 Å². The molecule has 2 aliphatic carbocycles. The number of epoxide rings is 1. The third-order valence-electron chi connectivity index (χ3n) is 7.50. The number of carbonyl (C=O) groups is 1. The number of hydrogen-bond donors (Lipinski definition) is 1. The molecule has 0 radical (unpaired) electrons. The second-order valence-corrected chi connectivity index (χ2v) is 13.9. The number of ether oxygens (including phenoxy) is 2. The Hall–Kier alpha value is -0.780. The van der Waals surface area contributed by atoms with E-state index < -0.39 is 16.0 Å². The van der Waals surface area contributed by atoms with Gasteiger partial charge in [-0.15, -0.1) is 0 Å². The highest BCUT2D eigenvalue weighted by Crippen LogP contribution is 2.75. The molecule has 0 bridgehead atoms. The second kappa shape index (κ2) is 9.15. The lowest BCUT2D eigenvalue weighted by molar-refractivity contribution is -0.131. The number of hydrogen-bond acceptors (Lipinski definition) is 3. The highest BCUT2D eigenvalue weighted by Gasteiger charge is 2.61. The lowest BCUT2D eigenvalue weighted by Crippen LogP contribution is -2.51.